The van der Waals surface area contributed by atoms with Crippen molar-refractivity contribution in [1.82, 2.24) is 0 Å². The highest BCUT2D eigenvalue weighted by Gasteiger charge is 2.58. The maximum atomic E-state index is 5.83. The molecule has 21 heavy (non-hydrogen) atoms. The average molecular weight is 322 g/mol. The molecule has 0 aliphatic carbocycles. The third-order valence-corrected chi connectivity index (χ3v) is 8.59. The highest BCUT2D eigenvalue weighted by Crippen LogP contribution is 2.42. The monoisotopic (exact) mass is 321 g/mol. The first-order valence-electron chi connectivity index (χ1n) is 7.87. The third kappa shape index (κ3) is 5.62. The fourth-order valence-corrected chi connectivity index (χ4v) is 7.18. The summed E-state index contributed by atoms with van der Waals surface area (Å²) in [6.45, 7) is 4.75. The molecule has 0 spiro atoms. The van der Waals surface area contributed by atoms with Gasteiger partial charge in [0.05, 0.1) is 6.61 Å². The van der Waals surface area contributed by atoms with E-state index in [9.17, 15) is 0 Å². The van der Waals surface area contributed by atoms with Gasteiger partial charge in [-0.15, -0.1) is 0 Å². The summed E-state index contributed by atoms with van der Waals surface area (Å²) >= 11 is 0. The van der Waals surface area contributed by atoms with Gasteiger partial charge in [-0.25, -0.2) is 0 Å². The molecule has 0 radical (unpaired) electrons. The van der Waals surface area contributed by atoms with Crippen molar-refractivity contribution in [3.05, 3.63) is 0 Å². The summed E-state index contributed by atoms with van der Waals surface area (Å²) in [5.74, 6) is 0. The molecule has 1 aliphatic heterocycles. The topological polar surface area (TPSA) is 62.9 Å². The standard InChI is InChI=1S/C11H24O3Si.C4H11NO/c1-5-8-11(12-2)9-6-7-10-15(11,13-3)14-4;1-4(5)3-6-2/h5-10H2,1-4H3;4H,3,5H2,1-2H3. The van der Waals surface area contributed by atoms with Crippen LogP contribution in [-0.4, -0.2) is 54.9 Å². The second kappa shape index (κ2) is 10.7. The van der Waals surface area contributed by atoms with Crippen LogP contribution in [0.1, 0.15) is 46.0 Å². The Kier molecular flexibility index (Phi) is 10.7. The lowest BCUT2D eigenvalue weighted by Gasteiger charge is -2.47. The van der Waals surface area contributed by atoms with Gasteiger partial charge < -0.3 is 24.1 Å². The van der Waals surface area contributed by atoms with Crippen molar-refractivity contribution in [2.75, 3.05) is 35.0 Å². The van der Waals surface area contributed by atoms with Gasteiger partial charge in [0.15, 0.2) is 0 Å². The Morgan fingerprint density at radius 3 is 2.10 bits per heavy atom. The van der Waals surface area contributed by atoms with E-state index in [1.165, 1.54) is 12.8 Å². The molecule has 0 aromatic carbocycles. The Bertz CT molecular complexity index is 258. The smallest absolute Gasteiger partial charge is 0.370 e. The number of hydrogen-bond donors (Lipinski definition) is 1. The summed E-state index contributed by atoms with van der Waals surface area (Å²) in [4.78, 5) is 0. The molecular formula is C15H35NO4Si. The number of hydrogen-bond acceptors (Lipinski definition) is 5. The van der Waals surface area contributed by atoms with Gasteiger partial charge in [-0.1, -0.05) is 26.2 Å². The third-order valence-electron chi connectivity index (χ3n) is 4.16. The molecule has 6 heteroatoms. The molecule has 0 amide bonds. The Balaban J connectivity index is 0.000000567. The minimum Gasteiger partial charge on any atom is -0.396 e. The van der Waals surface area contributed by atoms with Crippen LogP contribution in [-0.2, 0) is 18.3 Å². The van der Waals surface area contributed by atoms with E-state index < -0.39 is 8.56 Å². The van der Waals surface area contributed by atoms with Gasteiger partial charge in [-0.3, -0.25) is 0 Å². The zero-order valence-electron chi connectivity index (χ0n) is 14.7. The quantitative estimate of drug-likeness (QED) is 0.730. The predicted octanol–water partition coefficient (Wildman–Crippen LogP) is 2.61. The average Bonchev–Trinajstić information content (AvgIpc) is 2.48. The molecule has 1 heterocycles. The van der Waals surface area contributed by atoms with Gasteiger partial charge in [0, 0.05) is 34.5 Å². The molecule has 1 rings (SSSR count). The first kappa shape index (κ1) is 21.0. The van der Waals surface area contributed by atoms with E-state index >= 15 is 0 Å². The largest absolute Gasteiger partial charge is 0.396 e. The van der Waals surface area contributed by atoms with Crippen LogP contribution in [0.2, 0.25) is 6.04 Å². The fraction of sp³-hybridized carbons (Fsp3) is 1.00. The number of nitrogens with two attached hydrogens (primary N) is 1. The Labute approximate surface area is 131 Å². The van der Waals surface area contributed by atoms with Gasteiger partial charge in [0.25, 0.3) is 0 Å². The molecule has 5 nitrogen and oxygen atoms in total. The molecule has 1 saturated heterocycles. The normalized spacial score (nSPS) is 25.9. The van der Waals surface area contributed by atoms with Gasteiger partial charge in [0.1, 0.15) is 5.22 Å². The van der Waals surface area contributed by atoms with Crippen molar-refractivity contribution < 1.29 is 18.3 Å². The second-order valence-electron chi connectivity index (χ2n) is 5.75. The zero-order valence-corrected chi connectivity index (χ0v) is 15.7. The van der Waals surface area contributed by atoms with Crippen LogP contribution in [0, 0.1) is 0 Å². The van der Waals surface area contributed by atoms with E-state index in [-0.39, 0.29) is 11.3 Å². The van der Waals surface area contributed by atoms with Gasteiger partial charge in [-0.05, 0) is 25.8 Å². The van der Waals surface area contributed by atoms with Crippen molar-refractivity contribution >= 4 is 8.56 Å². The van der Waals surface area contributed by atoms with E-state index in [1.807, 2.05) is 6.92 Å². The van der Waals surface area contributed by atoms with Crippen LogP contribution >= 0.6 is 0 Å². The van der Waals surface area contributed by atoms with Gasteiger partial charge >= 0.3 is 8.56 Å². The van der Waals surface area contributed by atoms with Crippen LogP contribution in [0.25, 0.3) is 0 Å². The Hall–Kier alpha value is 0.0169. The summed E-state index contributed by atoms with van der Waals surface area (Å²) in [6.07, 6.45) is 5.70. The fourth-order valence-electron chi connectivity index (χ4n) is 3.19. The minimum absolute atomic E-state index is 0.122. The summed E-state index contributed by atoms with van der Waals surface area (Å²) in [7, 11) is 4.86. The lowest BCUT2D eigenvalue weighted by Crippen LogP contribution is -2.64. The van der Waals surface area contributed by atoms with E-state index in [4.69, 9.17) is 19.3 Å². The molecular weight excluding hydrogens is 286 g/mol. The highest BCUT2D eigenvalue weighted by atomic mass is 28.4. The van der Waals surface area contributed by atoms with Gasteiger partial charge in [0.2, 0.25) is 0 Å². The second-order valence-corrected chi connectivity index (χ2v) is 9.48. The molecule has 0 aromatic heterocycles. The van der Waals surface area contributed by atoms with Crippen molar-refractivity contribution in [3.63, 3.8) is 0 Å². The zero-order chi connectivity index (χ0) is 16.4. The molecule has 1 aliphatic rings. The van der Waals surface area contributed by atoms with Crippen LogP contribution in [0.15, 0.2) is 0 Å². The number of methoxy groups -OCH3 is 2. The van der Waals surface area contributed by atoms with Crippen LogP contribution in [0.5, 0.6) is 0 Å². The van der Waals surface area contributed by atoms with Gasteiger partial charge in [-0.2, -0.15) is 0 Å². The summed E-state index contributed by atoms with van der Waals surface area (Å²) in [5, 5.41) is -0.122. The Morgan fingerprint density at radius 2 is 1.76 bits per heavy atom. The van der Waals surface area contributed by atoms with Crippen molar-refractivity contribution in [2.45, 2.75) is 63.3 Å². The Morgan fingerprint density at radius 1 is 1.14 bits per heavy atom. The molecule has 0 bridgehead atoms. The maximum Gasteiger partial charge on any atom is 0.370 e. The molecule has 2 unspecified atom stereocenters. The molecule has 2 N–H and O–H groups in total. The molecule has 1 fully saturated rings. The first-order chi connectivity index (χ1) is 9.97. The minimum atomic E-state index is -2.15. The summed E-state index contributed by atoms with van der Waals surface area (Å²) < 4.78 is 22.1. The van der Waals surface area contributed by atoms with Crippen molar-refractivity contribution in [3.8, 4) is 0 Å². The molecule has 2 atom stereocenters. The number of rotatable bonds is 7. The lowest BCUT2D eigenvalue weighted by molar-refractivity contribution is -0.0149. The highest BCUT2D eigenvalue weighted by molar-refractivity contribution is 6.70. The number of ether oxygens (including phenoxy) is 2. The summed E-state index contributed by atoms with van der Waals surface area (Å²) in [6, 6.07) is 1.24. The van der Waals surface area contributed by atoms with Crippen molar-refractivity contribution in [2.24, 2.45) is 5.73 Å². The van der Waals surface area contributed by atoms with E-state index in [2.05, 4.69) is 11.7 Å². The molecule has 128 valence electrons. The van der Waals surface area contributed by atoms with Crippen LogP contribution in [0.3, 0.4) is 0 Å². The van der Waals surface area contributed by atoms with E-state index in [0.29, 0.717) is 6.61 Å². The summed E-state index contributed by atoms with van der Waals surface area (Å²) in [5.41, 5.74) is 5.28. The maximum absolute atomic E-state index is 5.83. The van der Waals surface area contributed by atoms with Crippen molar-refractivity contribution in [1.29, 1.82) is 0 Å². The molecule has 0 aromatic rings. The van der Waals surface area contributed by atoms with Crippen LogP contribution in [0.4, 0.5) is 0 Å². The van der Waals surface area contributed by atoms with Crippen LogP contribution < -0.4 is 5.73 Å². The predicted molar refractivity (Wildman–Crippen MR) is 88.6 cm³/mol. The first-order valence-corrected chi connectivity index (χ1v) is 9.89. The lowest BCUT2D eigenvalue weighted by atomic mass is 10.1. The van der Waals surface area contributed by atoms with E-state index in [1.54, 1.807) is 28.4 Å². The SMILES string of the molecule is CCCC1(OC)CCCC[Si]1(OC)OC.COCC(C)N. The molecule has 0 saturated carbocycles. The van der Waals surface area contributed by atoms with E-state index in [0.717, 1.165) is 25.3 Å².